The number of rotatable bonds is 24. The molecular formula is C50H64N4O13. The second-order valence-electron chi connectivity index (χ2n) is 17.4. The molecule has 2 aromatic carbocycles. The number of nitro benzene ring substituents is 1. The highest BCUT2D eigenvalue weighted by molar-refractivity contribution is 6.03. The van der Waals surface area contributed by atoms with Crippen molar-refractivity contribution in [3.8, 4) is 17.2 Å². The van der Waals surface area contributed by atoms with Crippen molar-refractivity contribution in [1.82, 2.24) is 9.88 Å². The fourth-order valence-electron chi connectivity index (χ4n) is 9.99. The third-order valence-corrected chi connectivity index (χ3v) is 13.0. The average Bonchev–Trinajstić information content (AvgIpc) is 3.33. The number of carbonyl (C=O) groups is 1. The molecule has 17 heteroatoms. The fourth-order valence-corrected chi connectivity index (χ4v) is 9.99. The molecular weight excluding hydrogens is 865 g/mol. The number of hydrogen-bond donors (Lipinski definition) is 3. The highest BCUT2D eigenvalue weighted by Crippen LogP contribution is 2.62. The van der Waals surface area contributed by atoms with Crippen LogP contribution in [-0.4, -0.2) is 113 Å². The number of oxime groups is 1. The monoisotopic (exact) mass is 928 g/mol. The Balaban J connectivity index is 1.41. The molecule has 1 amide bonds. The van der Waals surface area contributed by atoms with E-state index >= 15 is 0 Å². The molecule has 2 aliphatic carbocycles. The quantitative estimate of drug-likeness (QED) is 0.0343. The summed E-state index contributed by atoms with van der Waals surface area (Å²) in [5, 5.41) is 46.0. The molecule has 0 bridgehead atoms. The molecule has 362 valence electrons. The predicted molar refractivity (Wildman–Crippen MR) is 247 cm³/mol. The Bertz CT molecular complexity index is 2180. The number of ether oxygens (including phenoxy) is 6. The van der Waals surface area contributed by atoms with Crippen molar-refractivity contribution in [2.75, 3.05) is 52.8 Å². The predicted octanol–water partition coefficient (Wildman–Crippen LogP) is 7.55. The number of nitrogens with zero attached hydrogens (tertiary/aromatic N) is 4. The highest BCUT2D eigenvalue weighted by Gasteiger charge is 2.65. The van der Waals surface area contributed by atoms with Gasteiger partial charge in [-0.25, -0.2) is 4.79 Å². The van der Waals surface area contributed by atoms with E-state index in [-0.39, 0.29) is 88.4 Å². The summed E-state index contributed by atoms with van der Waals surface area (Å²) in [5.74, 6) is -1.39. The minimum atomic E-state index is -1.61. The van der Waals surface area contributed by atoms with Gasteiger partial charge in [-0.05, 0) is 105 Å². The molecule has 1 aromatic heterocycles. The summed E-state index contributed by atoms with van der Waals surface area (Å²) in [4.78, 5) is 38.2. The topological polar surface area (TPSA) is 214 Å². The average molecular weight is 929 g/mol. The number of aryl methyl sites for hydroxylation is 1. The molecule has 7 unspecified atom stereocenters. The maximum absolute atomic E-state index is 14.8. The van der Waals surface area contributed by atoms with Crippen molar-refractivity contribution in [3.05, 3.63) is 112 Å². The lowest BCUT2D eigenvalue weighted by Gasteiger charge is -2.59. The summed E-state index contributed by atoms with van der Waals surface area (Å²) in [5.41, 5.74) is 3.79. The second kappa shape index (κ2) is 24.0. The van der Waals surface area contributed by atoms with Gasteiger partial charge in [0, 0.05) is 61.9 Å². The first kappa shape index (κ1) is 49.5. The van der Waals surface area contributed by atoms with E-state index in [0.717, 1.165) is 61.0 Å². The van der Waals surface area contributed by atoms with Gasteiger partial charge in [0.2, 0.25) is 12.1 Å². The van der Waals surface area contributed by atoms with E-state index in [2.05, 4.69) is 17.6 Å². The van der Waals surface area contributed by atoms with Crippen molar-refractivity contribution >= 4 is 17.5 Å². The van der Waals surface area contributed by atoms with E-state index in [1.165, 1.54) is 29.2 Å². The zero-order valence-electron chi connectivity index (χ0n) is 38.2. The number of pyridine rings is 1. The van der Waals surface area contributed by atoms with Crippen LogP contribution in [0.1, 0.15) is 87.1 Å². The van der Waals surface area contributed by atoms with Crippen LogP contribution in [0.5, 0.6) is 17.2 Å². The molecule has 3 aromatic rings. The lowest BCUT2D eigenvalue weighted by molar-refractivity contribution is -0.384. The van der Waals surface area contributed by atoms with Crippen molar-refractivity contribution in [2.24, 2.45) is 22.9 Å². The number of benzene rings is 2. The minimum Gasteiger partial charge on any atom is -0.487 e. The van der Waals surface area contributed by atoms with Crippen molar-refractivity contribution in [2.45, 2.75) is 102 Å². The highest BCUT2D eigenvalue weighted by atomic mass is 16.8. The molecule has 17 nitrogen and oxygen atoms in total. The SMILES string of the molecule is C=CCOC12Oc3ccc(OCc4cccc(C)n4)cc3C3C(CCCCO)C(CCCCO)C=C(C(=NOC4CCCCO4)CC1N(CCOCCO)C(=O)Oc1ccc([N+](=O)[O-])cc1)C32. The summed E-state index contributed by atoms with van der Waals surface area (Å²) in [7, 11) is 0. The number of nitro groups is 1. The van der Waals surface area contributed by atoms with Crippen LogP contribution >= 0.6 is 0 Å². The van der Waals surface area contributed by atoms with Gasteiger partial charge in [0.1, 0.15) is 29.9 Å². The molecule has 1 saturated heterocycles. The number of allylic oxidation sites excluding steroid dienone is 1. The smallest absolute Gasteiger partial charge is 0.415 e. The van der Waals surface area contributed by atoms with Gasteiger partial charge < -0.3 is 48.6 Å². The molecule has 7 atom stereocenters. The van der Waals surface area contributed by atoms with E-state index in [4.69, 9.17) is 38.4 Å². The molecule has 1 saturated carbocycles. The van der Waals surface area contributed by atoms with Crippen LogP contribution in [0, 0.1) is 34.8 Å². The summed E-state index contributed by atoms with van der Waals surface area (Å²) in [6, 6.07) is 15.8. The second-order valence-corrected chi connectivity index (χ2v) is 17.4. The standard InChI is InChI=1S/C50H64N4O13/c1-3-26-64-50-45(53(22-28-61-29-25-57)49(58)65-38-18-16-37(17-19-38)54(59)60)32-43(52-67-46-15-6-9-27-62-46)41-30-35(12-4-7-23-55)40(14-5-8-24-56)47(48(41)50)42-31-39(20-21-44(42)66-50)63-33-36-13-10-11-34(2)51-36/h3,10-11,13,16-21,30-31,35,40,45-48,55-57H,1,4-9,12,14-15,22-29,32-33H2,2H3. The number of amides is 1. The van der Waals surface area contributed by atoms with Gasteiger partial charge in [-0.15, -0.1) is 6.58 Å². The summed E-state index contributed by atoms with van der Waals surface area (Å²) in [6.07, 6.45) is 9.31. The maximum atomic E-state index is 14.8. The van der Waals surface area contributed by atoms with E-state index < -0.39 is 35.1 Å². The number of carbonyl (C=O) groups excluding carboxylic acids is 1. The van der Waals surface area contributed by atoms with E-state index in [0.29, 0.717) is 43.1 Å². The number of non-ortho nitro benzene ring substituents is 1. The molecule has 3 N–H and O–H groups in total. The number of hydrogen-bond acceptors (Lipinski definition) is 15. The Kier molecular flexibility index (Phi) is 17.7. The van der Waals surface area contributed by atoms with Crippen LogP contribution in [0.4, 0.5) is 10.5 Å². The summed E-state index contributed by atoms with van der Waals surface area (Å²) >= 11 is 0. The van der Waals surface area contributed by atoms with Gasteiger partial charge in [0.25, 0.3) is 5.69 Å². The van der Waals surface area contributed by atoms with Gasteiger partial charge >= 0.3 is 6.09 Å². The first-order valence-corrected chi connectivity index (χ1v) is 23.5. The molecule has 0 radical (unpaired) electrons. The van der Waals surface area contributed by atoms with Crippen molar-refractivity contribution < 1.29 is 58.3 Å². The van der Waals surface area contributed by atoms with E-state index in [9.17, 15) is 30.2 Å². The number of aliphatic hydroxyl groups excluding tert-OH is 3. The molecule has 2 aliphatic heterocycles. The lowest BCUT2D eigenvalue weighted by atomic mass is 9.55. The number of fused-ring (bicyclic) bond motifs is 2. The van der Waals surface area contributed by atoms with Crippen molar-refractivity contribution in [3.63, 3.8) is 0 Å². The summed E-state index contributed by atoms with van der Waals surface area (Å²) in [6.45, 7) is 6.61. The largest absolute Gasteiger partial charge is 0.487 e. The van der Waals surface area contributed by atoms with Crippen LogP contribution in [0.25, 0.3) is 0 Å². The first-order chi connectivity index (χ1) is 32.7. The Hall–Kier alpha value is -5.43. The number of unbranched alkanes of at least 4 members (excludes halogenated alkanes) is 2. The molecule has 3 heterocycles. The number of aromatic nitrogens is 1. The molecule has 4 aliphatic rings. The van der Waals surface area contributed by atoms with Crippen LogP contribution in [-0.2, 0) is 25.7 Å². The third-order valence-electron chi connectivity index (χ3n) is 13.0. The third kappa shape index (κ3) is 12.0. The zero-order valence-corrected chi connectivity index (χ0v) is 38.2. The Labute approximate surface area is 391 Å². The van der Waals surface area contributed by atoms with Gasteiger partial charge in [0.05, 0.1) is 55.3 Å². The van der Waals surface area contributed by atoms with Gasteiger partial charge in [-0.3, -0.25) is 20.0 Å². The first-order valence-electron chi connectivity index (χ1n) is 23.5. The van der Waals surface area contributed by atoms with Crippen LogP contribution in [0.3, 0.4) is 0 Å². The molecule has 0 spiro atoms. The van der Waals surface area contributed by atoms with E-state index in [1.807, 2.05) is 43.3 Å². The number of aliphatic hydroxyl groups is 3. The fraction of sp³-hybridized carbons (Fsp3) is 0.540. The Morgan fingerprint density at radius 1 is 1.01 bits per heavy atom. The molecule has 7 rings (SSSR count). The normalized spacial score (nSPS) is 24.7. The summed E-state index contributed by atoms with van der Waals surface area (Å²) < 4.78 is 38.6. The minimum absolute atomic E-state index is 0.00341. The van der Waals surface area contributed by atoms with E-state index in [1.54, 1.807) is 6.08 Å². The molecule has 2 fully saturated rings. The maximum Gasteiger partial charge on any atom is 0.415 e. The Morgan fingerprint density at radius 3 is 2.52 bits per heavy atom. The van der Waals surface area contributed by atoms with Gasteiger partial charge in [-0.2, -0.15) is 0 Å². The van der Waals surface area contributed by atoms with Gasteiger partial charge in [-0.1, -0.05) is 36.2 Å². The van der Waals surface area contributed by atoms with Gasteiger partial charge in [0.15, 0.2) is 0 Å². The van der Waals surface area contributed by atoms with Crippen molar-refractivity contribution in [1.29, 1.82) is 0 Å². The Morgan fingerprint density at radius 2 is 1.81 bits per heavy atom. The van der Waals surface area contributed by atoms with Crippen LogP contribution < -0.4 is 14.2 Å². The molecule has 67 heavy (non-hydrogen) atoms. The van der Waals surface area contributed by atoms with Crippen LogP contribution in [0.2, 0.25) is 0 Å². The van der Waals surface area contributed by atoms with Crippen LogP contribution in [0.15, 0.2) is 90.1 Å². The lowest BCUT2D eigenvalue weighted by Crippen LogP contribution is -2.70. The zero-order chi connectivity index (χ0) is 47.2.